The van der Waals surface area contributed by atoms with Crippen molar-refractivity contribution in [1.82, 2.24) is 4.72 Å². The van der Waals surface area contributed by atoms with E-state index in [2.05, 4.69) is 20.7 Å². The van der Waals surface area contributed by atoms with Crippen LogP contribution < -0.4 is 4.72 Å². The van der Waals surface area contributed by atoms with Gasteiger partial charge in [-0.05, 0) is 24.6 Å². The summed E-state index contributed by atoms with van der Waals surface area (Å²) in [6, 6.07) is 4.96. The molecule has 0 saturated carbocycles. The number of hydrogen-bond donors (Lipinski definition) is 2. The summed E-state index contributed by atoms with van der Waals surface area (Å²) in [7, 11) is -3.80. The molecule has 17 heavy (non-hydrogen) atoms. The summed E-state index contributed by atoms with van der Waals surface area (Å²) in [6.45, 7) is 1.60. The van der Waals surface area contributed by atoms with Crippen molar-refractivity contribution in [2.45, 2.75) is 24.3 Å². The summed E-state index contributed by atoms with van der Waals surface area (Å²) in [5.74, 6) is -1.19. The fourth-order valence-electron chi connectivity index (χ4n) is 1.20. The fraction of sp³-hybridized carbons (Fsp3) is 0.300. The van der Waals surface area contributed by atoms with Crippen LogP contribution >= 0.6 is 15.9 Å². The van der Waals surface area contributed by atoms with E-state index in [1.165, 1.54) is 12.1 Å². The summed E-state index contributed by atoms with van der Waals surface area (Å²) >= 11 is 3.16. The van der Waals surface area contributed by atoms with Crippen molar-refractivity contribution in [3.8, 4) is 0 Å². The number of benzene rings is 1. The van der Waals surface area contributed by atoms with Crippen LogP contribution in [-0.2, 0) is 14.8 Å². The molecule has 0 amide bonds. The van der Waals surface area contributed by atoms with Gasteiger partial charge in [-0.25, -0.2) is 8.42 Å². The molecule has 0 aliphatic rings. The van der Waals surface area contributed by atoms with E-state index in [1.54, 1.807) is 19.1 Å². The SMILES string of the molecule is CC[C@H](NS(=O)(=O)c1cccc(Br)c1)C(=O)O. The maximum Gasteiger partial charge on any atom is 0.321 e. The molecule has 1 atom stereocenters. The van der Waals surface area contributed by atoms with E-state index < -0.39 is 22.0 Å². The number of halogens is 1. The Bertz CT molecular complexity index is 515. The van der Waals surface area contributed by atoms with Gasteiger partial charge in [0.05, 0.1) is 4.90 Å². The average molecular weight is 322 g/mol. The molecule has 0 aliphatic carbocycles. The highest BCUT2D eigenvalue weighted by atomic mass is 79.9. The molecule has 5 nitrogen and oxygen atoms in total. The maximum absolute atomic E-state index is 11.9. The van der Waals surface area contributed by atoms with Gasteiger partial charge in [-0.3, -0.25) is 4.79 Å². The molecule has 0 fully saturated rings. The molecule has 0 unspecified atom stereocenters. The molecular weight excluding hydrogens is 310 g/mol. The highest BCUT2D eigenvalue weighted by Crippen LogP contribution is 2.16. The molecule has 0 aliphatic heterocycles. The quantitative estimate of drug-likeness (QED) is 0.862. The van der Waals surface area contributed by atoms with Gasteiger partial charge in [0, 0.05) is 4.47 Å². The Morgan fingerprint density at radius 2 is 2.18 bits per heavy atom. The first-order valence-corrected chi connectivity index (χ1v) is 7.15. The predicted molar refractivity (Wildman–Crippen MR) is 66.2 cm³/mol. The second-order valence-electron chi connectivity index (χ2n) is 3.38. The second kappa shape index (κ2) is 5.61. The molecule has 1 aromatic rings. The third-order valence-corrected chi connectivity index (χ3v) is 4.07. The molecule has 94 valence electrons. The van der Waals surface area contributed by atoms with E-state index in [4.69, 9.17) is 5.11 Å². The molecule has 1 rings (SSSR count). The highest BCUT2D eigenvalue weighted by Gasteiger charge is 2.23. The molecule has 0 spiro atoms. The molecule has 0 bridgehead atoms. The first-order valence-electron chi connectivity index (χ1n) is 4.87. The van der Waals surface area contributed by atoms with Crippen LogP contribution in [0.15, 0.2) is 33.6 Å². The minimum absolute atomic E-state index is 0.0339. The van der Waals surface area contributed by atoms with Gasteiger partial charge in [-0.2, -0.15) is 4.72 Å². The zero-order valence-electron chi connectivity index (χ0n) is 9.05. The highest BCUT2D eigenvalue weighted by molar-refractivity contribution is 9.10. The van der Waals surface area contributed by atoms with Crippen LogP contribution in [-0.4, -0.2) is 25.5 Å². The first-order chi connectivity index (χ1) is 7.86. The Morgan fingerprint density at radius 3 is 2.65 bits per heavy atom. The smallest absolute Gasteiger partial charge is 0.321 e. The minimum atomic E-state index is -3.80. The number of carboxylic acid groups (broad SMARTS) is 1. The molecule has 0 heterocycles. The van der Waals surface area contributed by atoms with E-state index >= 15 is 0 Å². The number of nitrogens with one attached hydrogen (secondary N) is 1. The van der Waals surface area contributed by atoms with Gasteiger partial charge in [0.2, 0.25) is 10.0 Å². The lowest BCUT2D eigenvalue weighted by Crippen LogP contribution is -2.40. The van der Waals surface area contributed by atoms with Crippen LogP contribution in [0.25, 0.3) is 0 Å². The molecule has 7 heteroatoms. The molecule has 0 aromatic heterocycles. The lowest BCUT2D eigenvalue weighted by molar-refractivity contribution is -0.139. The standard InChI is InChI=1S/C10H12BrNO4S/c1-2-9(10(13)14)12-17(15,16)8-5-3-4-7(11)6-8/h3-6,9,12H,2H2,1H3,(H,13,14)/t9-/m0/s1. The molecule has 0 saturated heterocycles. The number of aliphatic carboxylic acids is 1. The van der Waals surface area contributed by atoms with Gasteiger partial charge in [-0.1, -0.05) is 28.9 Å². The molecule has 1 aromatic carbocycles. The summed E-state index contributed by atoms with van der Waals surface area (Å²) in [4.78, 5) is 10.8. The minimum Gasteiger partial charge on any atom is -0.480 e. The monoisotopic (exact) mass is 321 g/mol. The first kappa shape index (κ1) is 14.1. The van der Waals surface area contributed by atoms with Crippen molar-refractivity contribution >= 4 is 31.9 Å². The van der Waals surface area contributed by atoms with Crippen molar-refractivity contribution in [3.63, 3.8) is 0 Å². The topological polar surface area (TPSA) is 83.5 Å². The second-order valence-corrected chi connectivity index (χ2v) is 6.01. The normalized spacial score (nSPS) is 13.3. The van der Waals surface area contributed by atoms with Crippen LogP contribution in [0.2, 0.25) is 0 Å². The predicted octanol–water partition coefficient (Wildman–Crippen LogP) is 1.59. The number of carboxylic acids is 1. The van der Waals surface area contributed by atoms with Gasteiger partial charge >= 0.3 is 5.97 Å². The van der Waals surface area contributed by atoms with Crippen LogP contribution in [0.3, 0.4) is 0 Å². The Kier molecular flexibility index (Phi) is 4.67. The average Bonchev–Trinajstić information content (AvgIpc) is 2.25. The Hall–Kier alpha value is -0.920. The third-order valence-electron chi connectivity index (χ3n) is 2.11. The van der Waals surface area contributed by atoms with E-state index in [-0.39, 0.29) is 11.3 Å². The van der Waals surface area contributed by atoms with Crippen molar-refractivity contribution in [2.75, 3.05) is 0 Å². The van der Waals surface area contributed by atoms with Gasteiger partial charge in [0.25, 0.3) is 0 Å². The summed E-state index contributed by atoms with van der Waals surface area (Å²) in [5.41, 5.74) is 0. The summed E-state index contributed by atoms with van der Waals surface area (Å²) < 4.78 is 26.5. The number of sulfonamides is 1. The zero-order chi connectivity index (χ0) is 13.1. The van der Waals surface area contributed by atoms with Crippen LogP contribution in [0.5, 0.6) is 0 Å². The molecular formula is C10H12BrNO4S. The number of hydrogen-bond acceptors (Lipinski definition) is 3. The van der Waals surface area contributed by atoms with E-state index in [1.807, 2.05) is 0 Å². The van der Waals surface area contributed by atoms with Crippen LogP contribution in [0.4, 0.5) is 0 Å². The van der Waals surface area contributed by atoms with Gasteiger partial charge in [0.15, 0.2) is 0 Å². The fourth-order valence-corrected chi connectivity index (χ4v) is 3.07. The van der Waals surface area contributed by atoms with E-state index in [0.29, 0.717) is 4.47 Å². The maximum atomic E-state index is 11.9. The lowest BCUT2D eigenvalue weighted by Gasteiger charge is -2.12. The van der Waals surface area contributed by atoms with Crippen LogP contribution in [0.1, 0.15) is 13.3 Å². The largest absolute Gasteiger partial charge is 0.480 e. The Balaban J connectivity index is 3.00. The van der Waals surface area contributed by atoms with Crippen LogP contribution in [0, 0.1) is 0 Å². The van der Waals surface area contributed by atoms with Gasteiger partial charge in [-0.15, -0.1) is 0 Å². The summed E-state index contributed by atoms with van der Waals surface area (Å²) in [5, 5.41) is 8.80. The van der Waals surface area contributed by atoms with E-state index in [0.717, 1.165) is 0 Å². The molecule has 0 radical (unpaired) electrons. The summed E-state index contributed by atoms with van der Waals surface area (Å²) in [6.07, 6.45) is 0.183. The Morgan fingerprint density at radius 1 is 1.53 bits per heavy atom. The lowest BCUT2D eigenvalue weighted by atomic mass is 10.2. The van der Waals surface area contributed by atoms with E-state index in [9.17, 15) is 13.2 Å². The number of rotatable bonds is 5. The van der Waals surface area contributed by atoms with Crippen molar-refractivity contribution in [1.29, 1.82) is 0 Å². The zero-order valence-corrected chi connectivity index (χ0v) is 11.5. The third kappa shape index (κ3) is 3.79. The van der Waals surface area contributed by atoms with Crippen molar-refractivity contribution < 1.29 is 18.3 Å². The Labute approximate surface area is 108 Å². The van der Waals surface area contributed by atoms with Gasteiger partial charge < -0.3 is 5.11 Å². The van der Waals surface area contributed by atoms with Crippen molar-refractivity contribution in [3.05, 3.63) is 28.7 Å². The molecule has 2 N–H and O–H groups in total. The van der Waals surface area contributed by atoms with Gasteiger partial charge in [0.1, 0.15) is 6.04 Å². The number of carbonyl (C=O) groups is 1. The van der Waals surface area contributed by atoms with Crippen molar-refractivity contribution in [2.24, 2.45) is 0 Å².